The molecule has 0 radical (unpaired) electrons. The van der Waals surface area contributed by atoms with Crippen molar-refractivity contribution in [2.24, 2.45) is 16.5 Å². The average molecular weight is 307 g/mol. The second-order valence-corrected chi connectivity index (χ2v) is 4.89. The first kappa shape index (κ1) is 14.5. The molecule has 0 aliphatic heterocycles. The first-order valence-electron chi connectivity index (χ1n) is 6.82. The summed E-state index contributed by atoms with van der Waals surface area (Å²) in [5.41, 5.74) is 12.4. The summed E-state index contributed by atoms with van der Waals surface area (Å²) in [4.78, 5) is 27.0. The standard InChI is InChI=1S/C17H13N3O3/c18-15(21)10-5-7-12(8-6-10)20-17-13(16(19)22)9-11-3-1-2-4-14(11)23-17/h1-9H,(H2,18,21)(H2,19,22). The molecule has 0 atom stereocenters. The fraction of sp³-hybridized carbons (Fsp3) is 0. The Morgan fingerprint density at radius 1 is 0.913 bits per heavy atom. The van der Waals surface area contributed by atoms with Crippen LogP contribution in [-0.4, -0.2) is 11.8 Å². The van der Waals surface area contributed by atoms with Crippen LogP contribution in [0, 0.1) is 0 Å². The number of para-hydroxylation sites is 1. The van der Waals surface area contributed by atoms with E-state index in [1.807, 2.05) is 18.2 Å². The number of hydrogen-bond acceptors (Lipinski definition) is 4. The maximum atomic E-state index is 11.6. The van der Waals surface area contributed by atoms with Crippen molar-refractivity contribution in [3.8, 4) is 0 Å². The molecule has 0 aliphatic carbocycles. The average Bonchev–Trinajstić information content (AvgIpc) is 2.54. The van der Waals surface area contributed by atoms with E-state index in [0.717, 1.165) is 5.39 Å². The summed E-state index contributed by atoms with van der Waals surface area (Å²) in [5.74, 6) is -1.16. The van der Waals surface area contributed by atoms with E-state index in [1.165, 1.54) is 0 Å². The van der Waals surface area contributed by atoms with E-state index in [0.29, 0.717) is 16.8 Å². The molecule has 0 fully saturated rings. The number of amides is 2. The number of hydrogen-bond donors (Lipinski definition) is 2. The summed E-state index contributed by atoms with van der Waals surface area (Å²) in [6.45, 7) is 0. The van der Waals surface area contributed by atoms with Crippen LogP contribution in [0.25, 0.3) is 11.0 Å². The van der Waals surface area contributed by atoms with Crippen LogP contribution in [0.1, 0.15) is 20.7 Å². The van der Waals surface area contributed by atoms with Crippen LogP contribution in [0.4, 0.5) is 5.69 Å². The predicted octanol–water partition coefficient (Wildman–Crippen LogP) is 1.86. The highest BCUT2D eigenvalue weighted by Crippen LogP contribution is 2.15. The van der Waals surface area contributed by atoms with Gasteiger partial charge >= 0.3 is 0 Å². The van der Waals surface area contributed by atoms with Crippen LogP contribution in [0.5, 0.6) is 0 Å². The van der Waals surface area contributed by atoms with E-state index in [-0.39, 0.29) is 11.1 Å². The molecule has 0 saturated heterocycles. The zero-order valence-corrected chi connectivity index (χ0v) is 12.0. The minimum Gasteiger partial charge on any atom is -0.438 e. The number of carbonyl (C=O) groups is 2. The molecule has 0 bridgehead atoms. The first-order valence-corrected chi connectivity index (χ1v) is 6.82. The number of rotatable bonds is 3. The second-order valence-electron chi connectivity index (χ2n) is 4.89. The molecular weight excluding hydrogens is 294 g/mol. The largest absolute Gasteiger partial charge is 0.438 e. The Bertz CT molecular complexity index is 972. The fourth-order valence-corrected chi connectivity index (χ4v) is 2.15. The number of primary amides is 2. The summed E-state index contributed by atoms with van der Waals surface area (Å²) in [5, 5.41) is 0.754. The van der Waals surface area contributed by atoms with Crippen molar-refractivity contribution in [1.29, 1.82) is 0 Å². The molecule has 0 aliphatic rings. The molecule has 23 heavy (non-hydrogen) atoms. The van der Waals surface area contributed by atoms with Gasteiger partial charge in [0.1, 0.15) is 11.1 Å². The fourth-order valence-electron chi connectivity index (χ4n) is 2.15. The molecule has 6 nitrogen and oxygen atoms in total. The van der Waals surface area contributed by atoms with Gasteiger partial charge in [-0.1, -0.05) is 18.2 Å². The van der Waals surface area contributed by atoms with Crippen LogP contribution >= 0.6 is 0 Å². The van der Waals surface area contributed by atoms with E-state index in [2.05, 4.69) is 4.99 Å². The molecule has 0 saturated carbocycles. The molecule has 2 aromatic carbocycles. The van der Waals surface area contributed by atoms with Gasteiger partial charge in [-0.3, -0.25) is 9.59 Å². The Balaban J connectivity index is 2.18. The van der Waals surface area contributed by atoms with Gasteiger partial charge in [0.05, 0.1) is 5.69 Å². The van der Waals surface area contributed by atoms with Crippen molar-refractivity contribution in [2.75, 3.05) is 0 Å². The molecule has 6 heteroatoms. The van der Waals surface area contributed by atoms with E-state index < -0.39 is 11.8 Å². The van der Waals surface area contributed by atoms with E-state index in [4.69, 9.17) is 15.9 Å². The third kappa shape index (κ3) is 2.96. The van der Waals surface area contributed by atoms with Crippen LogP contribution in [0.2, 0.25) is 0 Å². The Morgan fingerprint density at radius 2 is 1.61 bits per heavy atom. The van der Waals surface area contributed by atoms with Crippen LogP contribution < -0.4 is 17.0 Å². The highest BCUT2D eigenvalue weighted by molar-refractivity contribution is 5.95. The molecule has 0 unspecified atom stereocenters. The number of carbonyl (C=O) groups excluding carboxylic acids is 2. The van der Waals surface area contributed by atoms with Crippen molar-refractivity contribution in [2.45, 2.75) is 0 Å². The summed E-state index contributed by atoms with van der Waals surface area (Å²) in [6.07, 6.45) is 0. The quantitative estimate of drug-likeness (QED) is 0.770. The third-order valence-corrected chi connectivity index (χ3v) is 3.30. The van der Waals surface area contributed by atoms with Crippen molar-refractivity contribution >= 4 is 28.5 Å². The summed E-state index contributed by atoms with van der Waals surface area (Å²) in [6, 6.07) is 15.2. The van der Waals surface area contributed by atoms with E-state index in [1.54, 1.807) is 36.4 Å². The predicted molar refractivity (Wildman–Crippen MR) is 84.9 cm³/mol. The van der Waals surface area contributed by atoms with Crippen molar-refractivity contribution in [1.82, 2.24) is 0 Å². The molecule has 3 aromatic rings. The molecule has 0 spiro atoms. The molecule has 3 rings (SSSR count). The zero-order chi connectivity index (χ0) is 16.4. The monoisotopic (exact) mass is 307 g/mol. The van der Waals surface area contributed by atoms with Crippen LogP contribution in [0.3, 0.4) is 0 Å². The van der Waals surface area contributed by atoms with Gasteiger partial charge in [0.2, 0.25) is 11.5 Å². The Morgan fingerprint density at radius 3 is 2.26 bits per heavy atom. The van der Waals surface area contributed by atoms with E-state index in [9.17, 15) is 9.59 Å². The minimum atomic E-state index is -0.632. The Labute approximate surface area is 131 Å². The van der Waals surface area contributed by atoms with Gasteiger partial charge in [0.15, 0.2) is 0 Å². The summed E-state index contributed by atoms with van der Waals surface area (Å²) < 4.78 is 5.68. The lowest BCUT2D eigenvalue weighted by Crippen LogP contribution is -2.21. The SMILES string of the molecule is NC(=O)c1ccc(N=c2oc3ccccc3cc2C(N)=O)cc1. The normalized spacial score (nSPS) is 11.6. The number of nitrogens with two attached hydrogens (primary N) is 2. The lowest BCUT2D eigenvalue weighted by atomic mass is 10.1. The maximum absolute atomic E-state index is 11.6. The van der Waals surface area contributed by atoms with Gasteiger partial charge in [-0.05, 0) is 36.4 Å². The number of benzene rings is 2. The second kappa shape index (κ2) is 5.76. The maximum Gasteiger partial charge on any atom is 0.254 e. The number of fused-ring (bicyclic) bond motifs is 1. The van der Waals surface area contributed by atoms with E-state index >= 15 is 0 Å². The van der Waals surface area contributed by atoms with Crippen molar-refractivity contribution in [3.63, 3.8) is 0 Å². The van der Waals surface area contributed by atoms with Gasteiger partial charge in [-0.25, -0.2) is 4.99 Å². The highest BCUT2D eigenvalue weighted by Gasteiger charge is 2.09. The molecule has 4 N–H and O–H groups in total. The van der Waals surface area contributed by atoms with Crippen molar-refractivity contribution < 1.29 is 14.0 Å². The van der Waals surface area contributed by atoms with Gasteiger partial charge < -0.3 is 15.9 Å². The minimum absolute atomic E-state index is 0.114. The van der Waals surface area contributed by atoms with Gasteiger partial charge in [-0.2, -0.15) is 0 Å². The lowest BCUT2D eigenvalue weighted by molar-refractivity contribution is 0.0989. The molecular formula is C17H13N3O3. The van der Waals surface area contributed by atoms with Gasteiger partial charge in [0, 0.05) is 10.9 Å². The van der Waals surface area contributed by atoms with Gasteiger partial charge in [-0.15, -0.1) is 0 Å². The van der Waals surface area contributed by atoms with Crippen LogP contribution in [-0.2, 0) is 0 Å². The van der Waals surface area contributed by atoms with Gasteiger partial charge in [0.25, 0.3) is 5.91 Å². The van der Waals surface area contributed by atoms with Crippen LogP contribution in [0.15, 0.2) is 64.0 Å². The first-order chi connectivity index (χ1) is 11.0. The zero-order valence-electron chi connectivity index (χ0n) is 12.0. The molecule has 114 valence electrons. The number of nitrogens with zero attached hydrogens (tertiary/aromatic N) is 1. The molecule has 1 aromatic heterocycles. The topological polar surface area (TPSA) is 112 Å². The van der Waals surface area contributed by atoms with Crippen molar-refractivity contribution in [3.05, 3.63) is 71.3 Å². The smallest absolute Gasteiger partial charge is 0.254 e. The Hall–Kier alpha value is -3.41. The summed E-state index contributed by atoms with van der Waals surface area (Å²) >= 11 is 0. The third-order valence-electron chi connectivity index (χ3n) is 3.30. The highest BCUT2D eigenvalue weighted by atomic mass is 16.3. The molecule has 1 heterocycles. The summed E-state index contributed by atoms with van der Waals surface area (Å²) in [7, 11) is 0. The lowest BCUT2D eigenvalue weighted by Gasteiger charge is -2.02. The molecule has 2 amide bonds. The Kier molecular flexibility index (Phi) is 3.64.